The SMILES string of the molecule is C[C@@H]1CS(=O)(=O)CC[C@@]1(F)c1cc(Cl)cnc1O[C@H]1C[C@@H](C(=O)O)N(c2nc(C(F)F)nc3c2oc2ccccc23)C1. The molecular weight excluding hydrogens is 601 g/mol. The monoisotopic (exact) mass is 624 g/mol. The minimum Gasteiger partial charge on any atom is -0.480 e. The van der Waals surface area contributed by atoms with E-state index in [1.807, 2.05) is 0 Å². The average molecular weight is 625 g/mol. The zero-order valence-electron chi connectivity index (χ0n) is 22.0. The maximum absolute atomic E-state index is 16.5. The predicted molar refractivity (Wildman–Crippen MR) is 147 cm³/mol. The quantitative estimate of drug-likeness (QED) is 0.309. The van der Waals surface area contributed by atoms with Crippen LogP contribution in [0.25, 0.3) is 22.1 Å². The van der Waals surface area contributed by atoms with Gasteiger partial charge < -0.3 is 19.2 Å². The molecule has 0 radical (unpaired) electrons. The number of hydrogen-bond donors (Lipinski definition) is 1. The minimum atomic E-state index is -3.43. The third-order valence-electron chi connectivity index (χ3n) is 7.84. The van der Waals surface area contributed by atoms with Crippen molar-refractivity contribution in [3.05, 3.63) is 52.9 Å². The van der Waals surface area contributed by atoms with E-state index in [0.717, 1.165) is 0 Å². The summed E-state index contributed by atoms with van der Waals surface area (Å²) in [7, 11) is -3.43. The van der Waals surface area contributed by atoms with Crippen molar-refractivity contribution in [1.29, 1.82) is 0 Å². The summed E-state index contributed by atoms with van der Waals surface area (Å²) in [5, 5.41) is 10.6. The Hall–Kier alpha value is -3.65. The van der Waals surface area contributed by atoms with Crippen LogP contribution in [0.15, 0.2) is 40.9 Å². The van der Waals surface area contributed by atoms with Crippen LogP contribution >= 0.6 is 11.6 Å². The number of ether oxygens (including phenoxy) is 1. The molecule has 0 amide bonds. The van der Waals surface area contributed by atoms with E-state index >= 15 is 4.39 Å². The lowest BCUT2D eigenvalue weighted by Crippen LogP contribution is -2.41. The molecule has 0 bridgehead atoms. The number of anilines is 1. The number of carbonyl (C=O) groups is 1. The summed E-state index contributed by atoms with van der Waals surface area (Å²) in [6.45, 7) is 1.34. The maximum Gasteiger partial charge on any atom is 0.326 e. The Balaban J connectivity index is 1.38. The molecule has 0 spiro atoms. The number of hydrogen-bond acceptors (Lipinski definition) is 9. The lowest BCUT2D eigenvalue weighted by molar-refractivity contribution is -0.138. The number of alkyl halides is 3. The Morgan fingerprint density at radius 3 is 2.76 bits per heavy atom. The lowest BCUT2D eigenvalue weighted by Gasteiger charge is -2.36. The number of pyridine rings is 1. The summed E-state index contributed by atoms with van der Waals surface area (Å²) < 4.78 is 80.4. The molecule has 0 aliphatic carbocycles. The maximum atomic E-state index is 16.5. The van der Waals surface area contributed by atoms with Crippen LogP contribution in [0, 0.1) is 5.92 Å². The highest BCUT2D eigenvalue weighted by Crippen LogP contribution is 2.46. The van der Waals surface area contributed by atoms with E-state index in [4.69, 9.17) is 20.8 Å². The van der Waals surface area contributed by atoms with Gasteiger partial charge in [-0.1, -0.05) is 30.7 Å². The van der Waals surface area contributed by atoms with Crippen LogP contribution in [0.5, 0.6) is 5.88 Å². The molecule has 0 saturated carbocycles. The number of benzene rings is 1. The van der Waals surface area contributed by atoms with E-state index < -0.39 is 51.8 Å². The number of para-hydroxylation sites is 1. The highest BCUT2D eigenvalue weighted by molar-refractivity contribution is 7.91. The first-order valence-corrected chi connectivity index (χ1v) is 15.2. The van der Waals surface area contributed by atoms with Gasteiger partial charge in [0.2, 0.25) is 5.88 Å². The molecule has 2 aliphatic rings. The standard InChI is InChI=1S/C27H24ClF3N4O6S/c1-13-12-42(38,39)7-6-27(13,31)17-8-14(28)10-32-25(17)40-15-9-18(26(36)37)35(11-15)24-21-20(33-23(34-24)22(29)30)16-4-2-3-5-19(16)41-21/h2-5,8,10,13,15,18,22H,6-7,9,11-12H2,1H3,(H,36,37)/t13-,15+,18+,27+/m1/s1. The van der Waals surface area contributed by atoms with Gasteiger partial charge >= 0.3 is 5.97 Å². The first kappa shape index (κ1) is 28.5. The minimum absolute atomic E-state index is 0.0376. The van der Waals surface area contributed by atoms with Gasteiger partial charge in [-0.05, 0) is 18.2 Å². The molecule has 2 fully saturated rings. The zero-order valence-corrected chi connectivity index (χ0v) is 23.6. The van der Waals surface area contributed by atoms with E-state index in [9.17, 15) is 27.1 Å². The van der Waals surface area contributed by atoms with Crippen LogP contribution < -0.4 is 9.64 Å². The normalized spacial score (nSPS) is 25.9. The van der Waals surface area contributed by atoms with Crippen molar-refractivity contribution in [1.82, 2.24) is 15.0 Å². The van der Waals surface area contributed by atoms with E-state index in [-0.39, 0.29) is 64.3 Å². The number of sulfone groups is 1. The molecule has 10 nitrogen and oxygen atoms in total. The molecule has 4 aromatic rings. The van der Waals surface area contributed by atoms with Gasteiger partial charge in [-0.3, -0.25) is 0 Å². The van der Waals surface area contributed by atoms with Gasteiger partial charge in [-0.15, -0.1) is 0 Å². The van der Waals surface area contributed by atoms with Crippen molar-refractivity contribution >= 4 is 55.3 Å². The Bertz CT molecular complexity index is 1820. The molecular formula is C27H24ClF3N4O6S. The zero-order chi connectivity index (χ0) is 30.0. The molecule has 1 aromatic carbocycles. The number of aromatic nitrogens is 3. The summed E-state index contributed by atoms with van der Waals surface area (Å²) in [6.07, 6.45) is -3.15. The molecule has 4 atom stereocenters. The second kappa shape index (κ2) is 10.3. The number of halogens is 4. The summed E-state index contributed by atoms with van der Waals surface area (Å²) >= 11 is 6.14. The molecule has 3 aromatic heterocycles. The number of fused-ring (bicyclic) bond motifs is 3. The Kier molecular flexibility index (Phi) is 6.96. The smallest absolute Gasteiger partial charge is 0.326 e. The third-order valence-corrected chi connectivity index (χ3v) is 9.88. The molecule has 2 saturated heterocycles. The number of nitrogens with zero attached hydrogens (tertiary/aromatic N) is 4. The van der Waals surface area contributed by atoms with Crippen molar-refractivity contribution in [2.45, 2.75) is 44.0 Å². The van der Waals surface area contributed by atoms with Crippen molar-refractivity contribution in [3.8, 4) is 5.88 Å². The molecule has 6 rings (SSSR count). The van der Waals surface area contributed by atoms with Crippen LogP contribution in [0.2, 0.25) is 5.02 Å². The van der Waals surface area contributed by atoms with Gasteiger partial charge in [0.15, 0.2) is 27.1 Å². The average Bonchev–Trinajstić information content (AvgIpc) is 3.53. The van der Waals surface area contributed by atoms with Crippen molar-refractivity contribution in [2.75, 3.05) is 23.0 Å². The lowest BCUT2D eigenvalue weighted by atomic mass is 9.83. The Labute approximate surface area is 242 Å². The fraction of sp³-hybridized carbons (Fsp3) is 0.407. The molecule has 0 unspecified atom stereocenters. The van der Waals surface area contributed by atoms with Crippen LogP contribution in [-0.2, 0) is 20.3 Å². The Morgan fingerprint density at radius 2 is 2.05 bits per heavy atom. The first-order valence-electron chi connectivity index (χ1n) is 13.0. The van der Waals surface area contributed by atoms with Gasteiger partial charge in [0.05, 0.1) is 28.6 Å². The summed E-state index contributed by atoms with van der Waals surface area (Å²) in [5.74, 6) is -4.02. The highest BCUT2D eigenvalue weighted by atomic mass is 35.5. The largest absolute Gasteiger partial charge is 0.480 e. The van der Waals surface area contributed by atoms with Crippen LogP contribution in [0.3, 0.4) is 0 Å². The van der Waals surface area contributed by atoms with Crippen LogP contribution in [0.1, 0.15) is 37.6 Å². The second-order valence-corrected chi connectivity index (χ2v) is 13.3. The topological polar surface area (TPSA) is 136 Å². The molecule has 15 heteroatoms. The second-order valence-electron chi connectivity index (χ2n) is 10.6. The van der Waals surface area contributed by atoms with E-state index in [0.29, 0.717) is 11.0 Å². The van der Waals surface area contributed by atoms with Crippen LogP contribution in [0.4, 0.5) is 19.0 Å². The first-order chi connectivity index (χ1) is 19.9. The summed E-state index contributed by atoms with van der Waals surface area (Å²) in [5.41, 5.74) is -1.65. The molecule has 1 N–H and O–H groups in total. The number of aliphatic carboxylic acids is 1. The van der Waals surface area contributed by atoms with Crippen molar-refractivity contribution in [3.63, 3.8) is 0 Å². The fourth-order valence-electron chi connectivity index (χ4n) is 5.76. The molecule has 5 heterocycles. The number of carboxylic acid groups (broad SMARTS) is 1. The van der Waals surface area contributed by atoms with Gasteiger partial charge in [0.1, 0.15) is 28.9 Å². The number of carboxylic acids is 1. The van der Waals surface area contributed by atoms with Gasteiger partial charge in [0, 0.05) is 30.3 Å². The van der Waals surface area contributed by atoms with Crippen molar-refractivity contribution in [2.24, 2.45) is 5.92 Å². The molecule has 42 heavy (non-hydrogen) atoms. The van der Waals surface area contributed by atoms with E-state index in [1.54, 1.807) is 24.3 Å². The highest BCUT2D eigenvalue weighted by Gasteiger charge is 2.48. The van der Waals surface area contributed by atoms with E-state index in [2.05, 4.69) is 15.0 Å². The van der Waals surface area contributed by atoms with Gasteiger partial charge in [-0.25, -0.2) is 41.3 Å². The molecule has 222 valence electrons. The van der Waals surface area contributed by atoms with Gasteiger partial charge in [0.25, 0.3) is 6.43 Å². The summed E-state index contributed by atoms with van der Waals surface area (Å²) in [4.78, 5) is 25.8. The Morgan fingerprint density at radius 1 is 1.29 bits per heavy atom. The predicted octanol–water partition coefficient (Wildman–Crippen LogP) is 5.09. The van der Waals surface area contributed by atoms with Crippen LogP contribution in [-0.4, -0.2) is 64.6 Å². The fourth-order valence-corrected chi connectivity index (χ4v) is 7.72. The molecule has 2 aliphatic heterocycles. The van der Waals surface area contributed by atoms with Crippen molar-refractivity contribution < 1.29 is 40.6 Å². The number of furan rings is 1. The third kappa shape index (κ3) is 4.89. The number of rotatable bonds is 6. The summed E-state index contributed by atoms with van der Waals surface area (Å²) in [6, 6.07) is 6.74. The van der Waals surface area contributed by atoms with E-state index in [1.165, 1.54) is 24.1 Å². The van der Waals surface area contributed by atoms with Gasteiger partial charge in [-0.2, -0.15) is 0 Å².